The van der Waals surface area contributed by atoms with E-state index in [9.17, 15) is 14.4 Å². The molecule has 6 heteroatoms. The van der Waals surface area contributed by atoms with Gasteiger partial charge in [0.05, 0.1) is 11.2 Å². The maximum atomic E-state index is 12.9. The summed E-state index contributed by atoms with van der Waals surface area (Å²) in [5.74, 6) is -0.807. The normalized spacial score (nSPS) is 13.1. The lowest BCUT2D eigenvalue weighted by molar-refractivity contribution is -0.116. The number of rotatable bonds is 5. The summed E-state index contributed by atoms with van der Waals surface area (Å²) in [6, 6.07) is 20.3. The van der Waals surface area contributed by atoms with E-state index in [4.69, 9.17) is 0 Å². The topological polar surface area (TPSA) is 79.4 Å². The number of fused-ring (bicyclic) bond motifs is 1. The Balaban J connectivity index is 1.28. The van der Waals surface area contributed by atoms with Gasteiger partial charge in [0.2, 0.25) is 5.91 Å². The van der Waals surface area contributed by atoms with Gasteiger partial charge in [0, 0.05) is 41.1 Å². The van der Waals surface area contributed by atoms with E-state index in [-0.39, 0.29) is 30.7 Å². The highest BCUT2D eigenvalue weighted by Crippen LogP contribution is 2.30. The summed E-state index contributed by atoms with van der Waals surface area (Å²) in [5, 5.41) is 5.41. The molecule has 6 nitrogen and oxygen atoms in total. The molecule has 0 saturated carbocycles. The molecule has 1 aliphatic rings. The minimum atomic E-state index is -0.312. The third-order valence-electron chi connectivity index (χ3n) is 5.55. The van der Waals surface area contributed by atoms with E-state index in [2.05, 4.69) is 10.3 Å². The molecular weight excluding hydrogens is 390 g/mol. The zero-order valence-electron chi connectivity index (χ0n) is 16.7. The van der Waals surface area contributed by atoms with Crippen molar-refractivity contribution >= 4 is 45.1 Å². The second-order valence-electron chi connectivity index (χ2n) is 7.50. The summed E-state index contributed by atoms with van der Waals surface area (Å²) in [5.41, 5.74) is 2.43. The Labute approximate surface area is 178 Å². The molecule has 2 heterocycles. The third-order valence-corrected chi connectivity index (χ3v) is 5.55. The quantitative estimate of drug-likeness (QED) is 0.496. The Kier molecular flexibility index (Phi) is 4.67. The second-order valence-corrected chi connectivity index (χ2v) is 7.50. The fraction of sp³-hybridized carbons (Fsp3) is 0.120. The molecule has 1 N–H and O–H groups in total. The van der Waals surface area contributed by atoms with Crippen molar-refractivity contribution in [2.75, 3.05) is 11.9 Å². The maximum absolute atomic E-state index is 12.9. The van der Waals surface area contributed by atoms with E-state index in [1.165, 1.54) is 4.90 Å². The molecule has 0 atom stereocenters. The number of amides is 3. The first-order valence-corrected chi connectivity index (χ1v) is 10.1. The van der Waals surface area contributed by atoms with E-state index in [0.29, 0.717) is 28.6 Å². The fourth-order valence-electron chi connectivity index (χ4n) is 4.10. The number of para-hydroxylation sites is 1. The van der Waals surface area contributed by atoms with Crippen LogP contribution in [0.5, 0.6) is 0 Å². The Morgan fingerprint density at radius 3 is 2.23 bits per heavy atom. The van der Waals surface area contributed by atoms with Crippen LogP contribution in [0.1, 0.15) is 33.6 Å². The number of imide groups is 1. The van der Waals surface area contributed by atoms with Crippen molar-refractivity contribution in [2.45, 2.75) is 12.8 Å². The molecule has 3 amide bonds. The standard InChI is InChI=1S/C25H19N3O3/c29-21(27-20-12-3-8-17-9-4-14-26-23(17)20)13-5-15-28-24(30)18-10-1-6-16-7-2-11-19(22(16)18)25(28)31/h1-4,6-12,14H,5,13,15H2,(H,27,29). The summed E-state index contributed by atoms with van der Waals surface area (Å²) < 4.78 is 0. The fourth-order valence-corrected chi connectivity index (χ4v) is 4.10. The lowest BCUT2D eigenvalue weighted by Crippen LogP contribution is -2.41. The van der Waals surface area contributed by atoms with Gasteiger partial charge in [-0.05, 0) is 36.1 Å². The average Bonchev–Trinajstić information content (AvgIpc) is 2.80. The van der Waals surface area contributed by atoms with Crippen molar-refractivity contribution in [3.8, 4) is 0 Å². The molecule has 3 aromatic carbocycles. The third kappa shape index (κ3) is 3.32. The van der Waals surface area contributed by atoms with Crippen molar-refractivity contribution in [3.63, 3.8) is 0 Å². The number of pyridine rings is 1. The zero-order valence-corrected chi connectivity index (χ0v) is 16.7. The number of nitrogens with zero attached hydrogens (tertiary/aromatic N) is 2. The molecule has 31 heavy (non-hydrogen) atoms. The molecule has 0 unspecified atom stereocenters. The molecule has 0 spiro atoms. The summed E-state index contributed by atoms with van der Waals surface area (Å²) >= 11 is 0. The van der Waals surface area contributed by atoms with Crippen molar-refractivity contribution in [1.82, 2.24) is 9.88 Å². The molecular formula is C25H19N3O3. The molecule has 0 aliphatic carbocycles. The molecule has 1 aromatic heterocycles. The van der Waals surface area contributed by atoms with Crippen molar-refractivity contribution in [3.05, 3.63) is 84.1 Å². The van der Waals surface area contributed by atoms with Crippen LogP contribution in [0.4, 0.5) is 5.69 Å². The van der Waals surface area contributed by atoms with Gasteiger partial charge in [0.1, 0.15) is 0 Å². The smallest absolute Gasteiger partial charge is 0.261 e. The number of hydrogen-bond donors (Lipinski definition) is 1. The van der Waals surface area contributed by atoms with Crippen LogP contribution >= 0.6 is 0 Å². The van der Waals surface area contributed by atoms with E-state index in [1.807, 2.05) is 54.6 Å². The van der Waals surface area contributed by atoms with E-state index in [0.717, 1.165) is 16.3 Å². The van der Waals surface area contributed by atoms with Gasteiger partial charge in [0.15, 0.2) is 0 Å². The zero-order chi connectivity index (χ0) is 21.4. The molecule has 0 saturated heterocycles. The second kappa shape index (κ2) is 7.65. The van der Waals surface area contributed by atoms with Gasteiger partial charge >= 0.3 is 0 Å². The highest BCUT2D eigenvalue weighted by atomic mass is 16.2. The van der Waals surface area contributed by atoms with Gasteiger partial charge in [-0.3, -0.25) is 24.3 Å². The van der Waals surface area contributed by atoms with Gasteiger partial charge in [-0.15, -0.1) is 0 Å². The van der Waals surface area contributed by atoms with Crippen molar-refractivity contribution in [2.24, 2.45) is 0 Å². The van der Waals surface area contributed by atoms with E-state index < -0.39 is 0 Å². The van der Waals surface area contributed by atoms with Gasteiger partial charge in [-0.25, -0.2) is 0 Å². The van der Waals surface area contributed by atoms with Gasteiger partial charge in [-0.2, -0.15) is 0 Å². The molecule has 0 radical (unpaired) electrons. The van der Waals surface area contributed by atoms with Crippen LogP contribution < -0.4 is 5.32 Å². The van der Waals surface area contributed by atoms with Crippen LogP contribution in [-0.4, -0.2) is 34.2 Å². The Bertz CT molecular complexity index is 1310. The molecule has 4 aromatic rings. The lowest BCUT2D eigenvalue weighted by Gasteiger charge is -2.27. The number of carbonyl (C=O) groups is 3. The minimum Gasteiger partial charge on any atom is -0.324 e. The van der Waals surface area contributed by atoms with Crippen molar-refractivity contribution in [1.29, 1.82) is 0 Å². The molecule has 1 aliphatic heterocycles. The van der Waals surface area contributed by atoms with Crippen molar-refractivity contribution < 1.29 is 14.4 Å². The van der Waals surface area contributed by atoms with Crippen LogP contribution in [0.2, 0.25) is 0 Å². The lowest BCUT2D eigenvalue weighted by atomic mass is 9.94. The Hall–Kier alpha value is -4.06. The highest BCUT2D eigenvalue weighted by Gasteiger charge is 2.32. The molecule has 152 valence electrons. The van der Waals surface area contributed by atoms with Crippen LogP contribution in [0.3, 0.4) is 0 Å². The Morgan fingerprint density at radius 2 is 1.48 bits per heavy atom. The van der Waals surface area contributed by atoms with Crippen LogP contribution in [0, 0.1) is 0 Å². The van der Waals surface area contributed by atoms with E-state index in [1.54, 1.807) is 18.3 Å². The molecule has 0 fully saturated rings. The summed E-state index contributed by atoms with van der Waals surface area (Å²) in [6.07, 6.45) is 2.25. The number of hydrogen-bond acceptors (Lipinski definition) is 4. The summed E-state index contributed by atoms with van der Waals surface area (Å²) in [7, 11) is 0. The number of benzene rings is 3. The highest BCUT2D eigenvalue weighted by molar-refractivity contribution is 6.25. The first-order chi connectivity index (χ1) is 15.1. The monoisotopic (exact) mass is 409 g/mol. The average molecular weight is 409 g/mol. The minimum absolute atomic E-state index is 0.183. The predicted octanol–water partition coefficient (Wildman–Crippen LogP) is 4.40. The van der Waals surface area contributed by atoms with E-state index >= 15 is 0 Å². The van der Waals surface area contributed by atoms with Crippen LogP contribution in [0.25, 0.3) is 21.7 Å². The molecule has 5 rings (SSSR count). The number of carbonyl (C=O) groups excluding carboxylic acids is 3. The largest absolute Gasteiger partial charge is 0.324 e. The number of anilines is 1. The number of aromatic nitrogens is 1. The SMILES string of the molecule is O=C(CCCN1C(=O)c2cccc3cccc(c23)C1=O)Nc1cccc2cccnc12. The van der Waals surface area contributed by atoms with Crippen LogP contribution in [0.15, 0.2) is 72.9 Å². The molecule has 0 bridgehead atoms. The number of nitrogens with one attached hydrogen (secondary N) is 1. The summed E-state index contributed by atoms with van der Waals surface area (Å²) in [4.78, 5) is 43.9. The Morgan fingerprint density at radius 1 is 0.839 bits per heavy atom. The first-order valence-electron chi connectivity index (χ1n) is 10.1. The first kappa shape index (κ1) is 18.9. The predicted molar refractivity (Wildman–Crippen MR) is 119 cm³/mol. The van der Waals surface area contributed by atoms with Gasteiger partial charge in [0.25, 0.3) is 11.8 Å². The van der Waals surface area contributed by atoms with Gasteiger partial charge < -0.3 is 5.32 Å². The van der Waals surface area contributed by atoms with Gasteiger partial charge in [-0.1, -0.05) is 42.5 Å². The maximum Gasteiger partial charge on any atom is 0.261 e. The summed E-state index contributed by atoms with van der Waals surface area (Å²) in [6.45, 7) is 0.184. The van der Waals surface area contributed by atoms with Crippen LogP contribution in [-0.2, 0) is 4.79 Å².